The molecule has 0 atom stereocenters. The van der Waals surface area contributed by atoms with Gasteiger partial charge in [-0.2, -0.15) is 0 Å². The molecule has 4 N–H and O–H groups in total. The first-order valence-corrected chi connectivity index (χ1v) is 10.4. The molecular weight excluding hydrogens is 400 g/mol. The number of methoxy groups -OCH3 is 2. The van der Waals surface area contributed by atoms with Crippen molar-refractivity contribution in [1.29, 1.82) is 0 Å². The van der Waals surface area contributed by atoms with E-state index in [1.54, 1.807) is 0 Å². The molecule has 9 heteroatoms. The molecule has 0 aliphatic heterocycles. The topological polar surface area (TPSA) is 134 Å². The Bertz CT molecular complexity index is 827. The highest BCUT2D eigenvalue weighted by molar-refractivity contribution is 7.91. The molecule has 2 aromatic carbocycles. The summed E-state index contributed by atoms with van der Waals surface area (Å²) in [5.74, 6) is -0.238. The molecule has 160 valence electrons. The lowest BCUT2D eigenvalue weighted by molar-refractivity contribution is 0.174. The molecule has 0 saturated heterocycles. The van der Waals surface area contributed by atoms with Crippen LogP contribution in [0.3, 0.4) is 0 Å². The SMILES string of the molecule is COCc1cc(S(=O)(=O)c2cc(CCO)c(O)c(CCO)c2)cc(COC)c1O. The van der Waals surface area contributed by atoms with Crippen LogP contribution in [0.25, 0.3) is 0 Å². The number of benzene rings is 2. The third-order valence-electron chi connectivity index (χ3n) is 4.47. The highest BCUT2D eigenvalue weighted by Gasteiger charge is 2.24. The van der Waals surface area contributed by atoms with Crippen LogP contribution in [0.4, 0.5) is 0 Å². The Labute approximate surface area is 169 Å². The number of hydrogen-bond acceptors (Lipinski definition) is 8. The quantitative estimate of drug-likeness (QED) is 0.447. The molecule has 0 fully saturated rings. The van der Waals surface area contributed by atoms with Crippen LogP contribution in [-0.4, -0.2) is 56.3 Å². The van der Waals surface area contributed by atoms with Crippen LogP contribution >= 0.6 is 0 Å². The van der Waals surface area contributed by atoms with Crippen LogP contribution in [0.15, 0.2) is 34.1 Å². The molecular formula is C20H26O8S. The van der Waals surface area contributed by atoms with Crippen molar-refractivity contribution in [2.45, 2.75) is 35.8 Å². The largest absolute Gasteiger partial charge is 0.507 e. The van der Waals surface area contributed by atoms with Crippen LogP contribution in [0.2, 0.25) is 0 Å². The van der Waals surface area contributed by atoms with E-state index in [2.05, 4.69) is 0 Å². The van der Waals surface area contributed by atoms with Crippen LogP contribution in [-0.2, 0) is 45.4 Å². The Hall–Kier alpha value is -2.17. The fourth-order valence-corrected chi connectivity index (χ4v) is 4.52. The molecule has 8 nitrogen and oxygen atoms in total. The zero-order valence-corrected chi connectivity index (χ0v) is 17.2. The van der Waals surface area contributed by atoms with Crippen LogP contribution < -0.4 is 0 Å². The number of ether oxygens (including phenoxy) is 2. The van der Waals surface area contributed by atoms with Gasteiger partial charge in [0.2, 0.25) is 9.84 Å². The summed E-state index contributed by atoms with van der Waals surface area (Å²) < 4.78 is 36.7. The summed E-state index contributed by atoms with van der Waals surface area (Å²) in [5, 5.41) is 39.1. The first-order chi connectivity index (χ1) is 13.8. The maximum atomic E-state index is 13.3. The van der Waals surface area contributed by atoms with Crippen molar-refractivity contribution in [3.8, 4) is 11.5 Å². The first kappa shape index (κ1) is 23.1. The molecule has 2 rings (SSSR count). The zero-order chi connectivity index (χ0) is 21.6. The van der Waals surface area contributed by atoms with E-state index in [4.69, 9.17) is 9.47 Å². The van der Waals surface area contributed by atoms with Crippen molar-refractivity contribution in [3.05, 3.63) is 46.5 Å². The summed E-state index contributed by atoms with van der Waals surface area (Å²) in [6.45, 7) is -0.532. The predicted molar refractivity (Wildman–Crippen MR) is 105 cm³/mol. The van der Waals surface area contributed by atoms with Gasteiger partial charge in [0, 0.05) is 38.6 Å². The van der Waals surface area contributed by atoms with Crippen molar-refractivity contribution in [3.63, 3.8) is 0 Å². The molecule has 0 heterocycles. The highest BCUT2D eigenvalue weighted by atomic mass is 32.2. The Morgan fingerprint density at radius 2 is 1.07 bits per heavy atom. The van der Waals surface area contributed by atoms with Crippen molar-refractivity contribution in [2.24, 2.45) is 0 Å². The third kappa shape index (κ3) is 5.06. The van der Waals surface area contributed by atoms with Crippen LogP contribution in [0, 0.1) is 0 Å². The number of rotatable bonds is 10. The van der Waals surface area contributed by atoms with Gasteiger partial charge in [0.15, 0.2) is 0 Å². The number of aromatic hydroxyl groups is 2. The standard InChI is InChI=1S/C20H26O8S/c1-27-11-15-9-18(10-16(12-28-2)20(15)24)29(25,26)17-7-13(3-5-21)19(23)14(8-17)4-6-22/h7-10,21-24H,3-6,11-12H2,1-2H3. The van der Waals surface area contributed by atoms with Gasteiger partial charge < -0.3 is 29.9 Å². The van der Waals surface area contributed by atoms with Crippen LogP contribution in [0.5, 0.6) is 11.5 Å². The number of aliphatic hydroxyl groups is 2. The minimum Gasteiger partial charge on any atom is -0.507 e. The van der Waals surface area contributed by atoms with E-state index < -0.39 is 9.84 Å². The van der Waals surface area contributed by atoms with Gasteiger partial charge in [-0.3, -0.25) is 0 Å². The molecule has 0 aliphatic carbocycles. The van der Waals surface area contributed by atoms with E-state index in [-0.39, 0.29) is 71.7 Å². The minimum atomic E-state index is -4.03. The monoisotopic (exact) mass is 426 g/mol. The van der Waals surface area contributed by atoms with Crippen molar-refractivity contribution in [2.75, 3.05) is 27.4 Å². The molecule has 0 bridgehead atoms. The molecule has 0 aliphatic rings. The van der Waals surface area contributed by atoms with Crippen molar-refractivity contribution < 1.29 is 38.3 Å². The lowest BCUT2D eigenvalue weighted by Crippen LogP contribution is -2.08. The normalized spacial score (nSPS) is 11.7. The van der Waals surface area contributed by atoms with E-state index in [9.17, 15) is 28.8 Å². The highest BCUT2D eigenvalue weighted by Crippen LogP contribution is 2.34. The van der Waals surface area contributed by atoms with E-state index >= 15 is 0 Å². The van der Waals surface area contributed by atoms with E-state index in [1.807, 2.05) is 0 Å². The summed E-state index contributed by atoms with van der Waals surface area (Å²) in [7, 11) is -1.17. The smallest absolute Gasteiger partial charge is 0.206 e. The van der Waals surface area contributed by atoms with Gasteiger partial charge in [0.25, 0.3) is 0 Å². The van der Waals surface area contributed by atoms with E-state index in [0.29, 0.717) is 11.1 Å². The second kappa shape index (κ2) is 10.0. The molecule has 2 aromatic rings. The average molecular weight is 426 g/mol. The third-order valence-corrected chi connectivity index (χ3v) is 6.18. The predicted octanol–water partition coefficient (Wildman–Crippen LogP) is 1.29. The number of phenolic OH excluding ortho intramolecular Hbond substituents is 2. The molecule has 29 heavy (non-hydrogen) atoms. The van der Waals surface area contributed by atoms with E-state index in [0.717, 1.165) is 0 Å². The van der Waals surface area contributed by atoms with Gasteiger partial charge in [0.05, 0.1) is 23.0 Å². The number of phenols is 2. The lowest BCUT2D eigenvalue weighted by Gasteiger charge is -2.15. The molecule has 0 aromatic heterocycles. The number of sulfone groups is 1. The van der Waals surface area contributed by atoms with Gasteiger partial charge in [-0.25, -0.2) is 8.42 Å². The summed E-state index contributed by atoms with van der Waals surface area (Å²) in [5.41, 5.74) is 1.13. The molecule has 0 spiro atoms. The summed E-state index contributed by atoms with van der Waals surface area (Å²) in [6.07, 6.45) is 0.125. The van der Waals surface area contributed by atoms with E-state index in [1.165, 1.54) is 38.5 Å². The fraction of sp³-hybridized carbons (Fsp3) is 0.400. The van der Waals surface area contributed by atoms with Gasteiger partial charge in [-0.05, 0) is 48.2 Å². The number of aliphatic hydroxyl groups excluding tert-OH is 2. The van der Waals surface area contributed by atoms with Gasteiger partial charge >= 0.3 is 0 Å². The molecule has 0 saturated carbocycles. The molecule has 0 unspecified atom stereocenters. The minimum absolute atomic E-state index is 0.00695. The van der Waals surface area contributed by atoms with Crippen LogP contribution in [0.1, 0.15) is 22.3 Å². The van der Waals surface area contributed by atoms with Gasteiger partial charge in [-0.15, -0.1) is 0 Å². The number of hydrogen-bond donors (Lipinski definition) is 4. The lowest BCUT2D eigenvalue weighted by atomic mass is 10.0. The Morgan fingerprint density at radius 3 is 1.41 bits per heavy atom. The van der Waals surface area contributed by atoms with Gasteiger partial charge in [0.1, 0.15) is 11.5 Å². The summed E-state index contributed by atoms with van der Waals surface area (Å²) in [6, 6.07) is 5.27. The second-order valence-corrected chi connectivity index (χ2v) is 8.45. The van der Waals surface area contributed by atoms with Gasteiger partial charge in [-0.1, -0.05) is 0 Å². The first-order valence-electron chi connectivity index (χ1n) is 8.94. The maximum absolute atomic E-state index is 13.3. The Kier molecular flexibility index (Phi) is 8.00. The summed E-state index contributed by atoms with van der Waals surface area (Å²) >= 11 is 0. The average Bonchev–Trinajstić information content (AvgIpc) is 2.68. The van der Waals surface area contributed by atoms with Crippen molar-refractivity contribution in [1.82, 2.24) is 0 Å². The second-order valence-electron chi connectivity index (χ2n) is 6.50. The summed E-state index contributed by atoms with van der Waals surface area (Å²) in [4.78, 5) is -0.149. The Morgan fingerprint density at radius 1 is 0.724 bits per heavy atom. The maximum Gasteiger partial charge on any atom is 0.206 e. The zero-order valence-electron chi connectivity index (χ0n) is 16.4. The molecule has 0 amide bonds. The molecule has 0 radical (unpaired) electrons. The Balaban J connectivity index is 2.68. The fourth-order valence-electron chi connectivity index (χ4n) is 3.06. The van der Waals surface area contributed by atoms with Crippen molar-refractivity contribution >= 4 is 9.84 Å².